The number of anilines is 1. The Hall–Kier alpha value is -2.47. The molecule has 1 fully saturated rings. The van der Waals surface area contributed by atoms with Crippen LogP contribution < -0.4 is 5.32 Å². The molecule has 0 bridgehead atoms. The van der Waals surface area contributed by atoms with Crippen LogP contribution >= 0.6 is 11.6 Å². The molecular formula is C18H20ClN3O3. The van der Waals surface area contributed by atoms with Crippen molar-refractivity contribution in [2.45, 2.75) is 6.42 Å². The molecule has 25 heavy (non-hydrogen) atoms. The van der Waals surface area contributed by atoms with E-state index in [4.69, 9.17) is 16.0 Å². The van der Waals surface area contributed by atoms with E-state index < -0.39 is 0 Å². The fourth-order valence-corrected chi connectivity index (χ4v) is 2.98. The highest BCUT2D eigenvalue weighted by Gasteiger charge is 2.25. The minimum Gasteiger partial charge on any atom is -0.459 e. The van der Waals surface area contributed by atoms with Crippen LogP contribution in [0.3, 0.4) is 0 Å². The third-order valence-corrected chi connectivity index (χ3v) is 4.38. The molecule has 1 aromatic heterocycles. The summed E-state index contributed by atoms with van der Waals surface area (Å²) in [4.78, 5) is 28.0. The molecule has 0 aliphatic carbocycles. The van der Waals surface area contributed by atoms with Gasteiger partial charge in [0, 0.05) is 49.9 Å². The van der Waals surface area contributed by atoms with Gasteiger partial charge in [0.1, 0.15) is 0 Å². The van der Waals surface area contributed by atoms with Gasteiger partial charge in [0.2, 0.25) is 5.91 Å². The van der Waals surface area contributed by atoms with E-state index >= 15 is 0 Å². The van der Waals surface area contributed by atoms with Crippen molar-refractivity contribution in [1.29, 1.82) is 0 Å². The maximum Gasteiger partial charge on any atom is 0.289 e. The second-order valence-corrected chi connectivity index (χ2v) is 6.27. The zero-order chi connectivity index (χ0) is 17.6. The van der Waals surface area contributed by atoms with Crippen molar-refractivity contribution >= 4 is 29.1 Å². The lowest BCUT2D eigenvalue weighted by Gasteiger charge is -2.34. The Bertz CT molecular complexity index is 725. The predicted molar refractivity (Wildman–Crippen MR) is 95.8 cm³/mol. The Morgan fingerprint density at radius 3 is 2.52 bits per heavy atom. The van der Waals surface area contributed by atoms with Crippen molar-refractivity contribution in [2.75, 3.05) is 38.0 Å². The van der Waals surface area contributed by atoms with Crippen LogP contribution in [-0.4, -0.2) is 54.3 Å². The summed E-state index contributed by atoms with van der Waals surface area (Å²) in [6.45, 7) is 2.68. The highest BCUT2D eigenvalue weighted by atomic mass is 35.5. The zero-order valence-corrected chi connectivity index (χ0v) is 14.5. The minimum absolute atomic E-state index is 0.0830. The van der Waals surface area contributed by atoms with Gasteiger partial charge in [-0.3, -0.25) is 9.59 Å². The minimum atomic E-state index is -0.125. The van der Waals surface area contributed by atoms with E-state index in [1.54, 1.807) is 28.0 Å². The first kappa shape index (κ1) is 17.4. The van der Waals surface area contributed by atoms with Crippen LogP contribution in [0.15, 0.2) is 47.1 Å². The van der Waals surface area contributed by atoms with Gasteiger partial charge in [0.25, 0.3) is 5.91 Å². The molecule has 1 saturated heterocycles. The Balaban J connectivity index is 1.41. The second-order valence-electron chi connectivity index (χ2n) is 5.84. The van der Waals surface area contributed by atoms with Crippen LogP contribution in [0.4, 0.5) is 5.69 Å². The summed E-state index contributed by atoms with van der Waals surface area (Å²) in [5.41, 5.74) is 0.897. The number of halogens is 1. The lowest BCUT2D eigenvalue weighted by atomic mass is 10.2. The molecule has 0 radical (unpaired) electrons. The SMILES string of the molecule is O=C(CCNc1cccc(Cl)c1)N1CCN(C(=O)c2ccco2)CC1. The van der Waals surface area contributed by atoms with E-state index in [0.29, 0.717) is 49.9 Å². The fraction of sp³-hybridized carbons (Fsp3) is 0.333. The Labute approximate surface area is 151 Å². The quantitative estimate of drug-likeness (QED) is 0.889. The third kappa shape index (κ3) is 4.54. The summed E-state index contributed by atoms with van der Waals surface area (Å²) < 4.78 is 5.14. The van der Waals surface area contributed by atoms with Crippen molar-refractivity contribution in [3.63, 3.8) is 0 Å². The molecule has 7 heteroatoms. The smallest absolute Gasteiger partial charge is 0.289 e. The largest absolute Gasteiger partial charge is 0.459 e. The Kier molecular flexibility index (Phi) is 5.60. The molecule has 1 aliphatic rings. The normalized spacial score (nSPS) is 14.4. The summed E-state index contributed by atoms with van der Waals surface area (Å²) in [6, 6.07) is 10.8. The number of carbonyl (C=O) groups is 2. The molecule has 1 aliphatic heterocycles. The zero-order valence-electron chi connectivity index (χ0n) is 13.8. The second kappa shape index (κ2) is 8.07. The molecule has 0 saturated carbocycles. The van der Waals surface area contributed by atoms with Gasteiger partial charge in [0.05, 0.1) is 6.26 Å². The highest BCUT2D eigenvalue weighted by molar-refractivity contribution is 6.30. The fourth-order valence-electron chi connectivity index (χ4n) is 2.79. The number of nitrogens with one attached hydrogen (secondary N) is 1. The van der Waals surface area contributed by atoms with Crippen LogP contribution in [-0.2, 0) is 4.79 Å². The molecule has 0 spiro atoms. The average Bonchev–Trinajstić information content (AvgIpc) is 3.16. The number of rotatable bonds is 5. The number of furan rings is 1. The molecule has 2 aromatic rings. The Morgan fingerprint density at radius 2 is 1.84 bits per heavy atom. The molecule has 6 nitrogen and oxygen atoms in total. The molecule has 2 amide bonds. The van der Waals surface area contributed by atoms with Gasteiger partial charge < -0.3 is 19.5 Å². The lowest BCUT2D eigenvalue weighted by Crippen LogP contribution is -2.50. The number of nitrogens with zero attached hydrogens (tertiary/aromatic N) is 2. The molecule has 0 unspecified atom stereocenters. The van der Waals surface area contributed by atoms with E-state index in [2.05, 4.69) is 5.32 Å². The maximum absolute atomic E-state index is 12.3. The third-order valence-electron chi connectivity index (χ3n) is 4.14. The van der Waals surface area contributed by atoms with Gasteiger partial charge in [0.15, 0.2) is 5.76 Å². The monoisotopic (exact) mass is 361 g/mol. The summed E-state index contributed by atoms with van der Waals surface area (Å²) in [5.74, 6) is 0.296. The molecule has 2 heterocycles. The van der Waals surface area contributed by atoms with Crippen LogP contribution in [0.2, 0.25) is 5.02 Å². The van der Waals surface area contributed by atoms with Crippen molar-refractivity contribution in [3.8, 4) is 0 Å². The summed E-state index contributed by atoms with van der Waals surface area (Å²) in [5, 5.41) is 3.85. The summed E-state index contributed by atoms with van der Waals surface area (Å²) in [6.07, 6.45) is 1.89. The highest BCUT2D eigenvalue weighted by Crippen LogP contribution is 2.15. The van der Waals surface area contributed by atoms with E-state index in [9.17, 15) is 9.59 Å². The lowest BCUT2D eigenvalue weighted by molar-refractivity contribution is -0.132. The molecule has 0 atom stereocenters. The van der Waals surface area contributed by atoms with E-state index in [1.807, 2.05) is 18.2 Å². The first-order valence-corrected chi connectivity index (χ1v) is 8.61. The molecule has 1 aromatic carbocycles. The first-order valence-electron chi connectivity index (χ1n) is 8.23. The number of hydrogen-bond acceptors (Lipinski definition) is 4. The summed E-state index contributed by atoms with van der Waals surface area (Å²) in [7, 11) is 0. The van der Waals surface area contributed by atoms with Crippen LogP contribution in [0, 0.1) is 0 Å². The Morgan fingerprint density at radius 1 is 1.08 bits per heavy atom. The van der Waals surface area contributed by atoms with E-state index in [0.717, 1.165) is 5.69 Å². The number of carbonyl (C=O) groups excluding carboxylic acids is 2. The standard InChI is InChI=1S/C18H20ClN3O3/c19-14-3-1-4-15(13-14)20-7-6-17(23)21-8-10-22(11-9-21)18(24)16-5-2-12-25-16/h1-5,12-13,20H,6-11H2. The van der Waals surface area contributed by atoms with Crippen LogP contribution in [0.25, 0.3) is 0 Å². The topological polar surface area (TPSA) is 65.8 Å². The predicted octanol–water partition coefficient (Wildman–Crippen LogP) is 2.72. The van der Waals surface area contributed by atoms with Gasteiger partial charge >= 0.3 is 0 Å². The van der Waals surface area contributed by atoms with E-state index in [-0.39, 0.29) is 11.8 Å². The van der Waals surface area contributed by atoms with Crippen molar-refractivity contribution in [2.24, 2.45) is 0 Å². The number of hydrogen-bond donors (Lipinski definition) is 1. The molecule has 132 valence electrons. The van der Waals surface area contributed by atoms with Crippen LogP contribution in [0.5, 0.6) is 0 Å². The van der Waals surface area contributed by atoms with Crippen molar-refractivity contribution in [1.82, 2.24) is 9.80 Å². The average molecular weight is 362 g/mol. The number of piperazine rings is 1. The van der Waals surface area contributed by atoms with Gasteiger partial charge in [-0.2, -0.15) is 0 Å². The van der Waals surface area contributed by atoms with E-state index in [1.165, 1.54) is 6.26 Å². The van der Waals surface area contributed by atoms with Gasteiger partial charge in [-0.1, -0.05) is 17.7 Å². The maximum atomic E-state index is 12.3. The number of benzene rings is 1. The molecule has 1 N–H and O–H groups in total. The number of amides is 2. The molecule has 3 rings (SSSR count). The van der Waals surface area contributed by atoms with Crippen LogP contribution in [0.1, 0.15) is 17.0 Å². The summed E-state index contributed by atoms with van der Waals surface area (Å²) >= 11 is 5.93. The van der Waals surface area contributed by atoms with Crippen molar-refractivity contribution in [3.05, 3.63) is 53.4 Å². The van der Waals surface area contributed by atoms with Gasteiger partial charge in [-0.25, -0.2) is 0 Å². The van der Waals surface area contributed by atoms with Gasteiger partial charge in [-0.15, -0.1) is 0 Å². The van der Waals surface area contributed by atoms with Gasteiger partial charge in [-0.05, 0) is 30.3 Å². The van der Waals surface area contributed by atoms with Crippen molar-refractivity contribution < 1.29 is 14.0 Å². The first-order chi connectivity index (χ1) is 12.1. The molecular weight excluding hydrogens is 342 g/mol.